The molecule has 2 aromatic rings. The first-order chi connectivity index (χ1) is 14.3. The van der Waals surface area contributed by atoms with Crippen LogP contribution in [0.5, 0.6) is 0 Å². The Bertz CT molecular complexity index is 715. The number of amides is 1. The Balaban J connectivity index is 1.32. The Morgan fingerprint density at radius 1 is 0.966 bits per heavy atom. The highest BCUT2D eigenvalue weighted by molar-refractivity contribution is 5.78. The highest BCUT2D eigenvalue weighted by Gasteiger charge is 2.27. The van der Waals surface area contributed by atoms with Crippen molar-refractivity contribution in [1.29, 1.82) is 0 Å². The van der Waals surface area contributed by atoms with Crippen LogP contribution in [0.15, 0.2) is 60.7 Å². The van der Waals surface area contributed by atoms with Crippen molar-refractivity contribution in [3.05, 3.63) is 71.8 Å². The number of rotatable bonds is 7. The Labute approximate surface area is 173 Å². The number of nitrogens with zero attached hydrogens (tertiary/aromatic N) is 2. The van der Waals surface area contributed by atoms with Crippen molar-refractivity contribution < 1.29 is 9.53 Å². The molecule has 0 saturated carbocycles. The molecule has 29 heavy (non-hydrogen) atoms. The maximum Gasteiger partial charge on any atom is 0.234 e. The number of hydrogen-bond acceptors (Lipinski definition) is 4. The van der Waals surface area contributed by atoms with Gasteiger partial charge in [-0.3, -0.25) is 14.6 Å². The van der Waals surface area contributed by atoms with E-state index in [0.717, 1.165) is 45.6 Å². The molecule has 1 amide bonds. The summed E-state index contributed by atoms with van der Waals surface area (Å²) in [6.07, 6.45) is 2.36. The van der Waals surface area contributed by atoms with Gasteiger partial charge in [0.05, 0.1) is 18.7 Å². The molecule has 1 N–H and O–H groups in total. The number of nitrogens with one attached hydrogen (secondary N) is 1. The number of ether oxygens (including phenoxy) is 1. The summed E-state index contributed by atoms with van der Waals surface area (Å²) in [6.45, 7) is 5.66. The van der Waals surface area contributed by atoms with Crippen LogP contribution in [-0.4, -0.2) is 67.7 Å². The smallest absolute Gasteiger partial charge is 0.234 e. The van der Waals surface area contributed by atoms with E-state index in [2.05, 4.69) is 75.8 Å². The summed E-state index contributed by atoms with van der Waals surface area (Å²) in [5, 5.41) is 3.04. The van der Waals surface area contributed by atoms with E-state index in [4.69, 9.17) is 4.74 Å². The van der Waals surface area contributed by atoms with Crippen LogP contribution in [-0.2, 0) is 9.53 Å². The highest BCUT2D eigenvalue weighted by atomic mass is 16.5. The van der Waals surface area contributed by atoms with Gasteiger partial charge in [0, 0.05) is 39.3 Å². The molecule has 5 nitrogen and oxygen atoms in total. The van der Waals surface area contributed by atoms with Crippen molar-refractivity contribution in [3.63, 3.8) is 0 Å². The zero-order valence-electron chi connectivity index (χ0n) is 17.0. The summed E-state index contributed by atoms with van der Waals surface area (Å²) in [4.78, 5) is 17.1. The third-order valence-corrected chi connectivity index (χ3v) is 5.92. The van der Waals surface area contributed by atoms with Gasteiger partial charge in [0.2, 0.25) is 5.91 Å². The van der Waals surface area contributed by atoms with Crippen LogP contribution >= 0.6 is 0 Å². The first-order valence-electron chi connectivity index (χ1n) is 10.7. The van der Waals surface area contributed by atoms with E-state index in [9.17, 15) is 4.79 Å². The number of piperazine rings is 1. The first kappa shape index (κ1) is 20.1. The molecule has 4 rings (SSSR count). The zero-order valence-corrected chi connectivity index (χ0v) is 17.0. The Hall–Kier alpha value is -2.21. The topological polar surface area (TPSA) is 44.8 Å². The number of benzene rings is 2. The first-order valence-corrected chi connectivity index (χ1v) is 10.7. The predicted molar refractivity (Wildman–Crippen MR) is 115 cm³/mol. The summed E-state index contributed by atoms with van der Waals surface area (Å²) in [7, 11) is 0. The van der Waals surface area contributed by atoms with E-state index in [1.54, 1.807) is 0 Å². The molecule has 1 atom stereocenters. The summed E-state index contributed by atoms with van der Waals surface area (Å²) in [5.41, 5.74) is 2.64. The molecule has 5 heteroatoms. The minimum absolute atomic E-state index is 0.108. The minimum atomic E-state index is 0.108. The summed E-state index contributed by atoms with van der Waals surface area (Å²) >= 11 is 0. The molecule has 0 unspecified atom stereocenters. The molecule has 2 fully saturated rings. The van der Waals surface area contributed by atoms with Gasteiger partial charge in [-0.1, -0.05) is 60.7 Å². The normalized spacial score (nSPS) is 20.8. The van der Waals surface area contributed by atoms with Crippen LogP contribution in [0.25, 0.3) is 0 Å². The van der Waals surface area contributed by atoms with E-state index >= 15 is 0 Å². The molecule has 0 aromatic heterocycles. The van der Waals surface area contributed by atoms with Crippen molar-refractivity contribution in [2.45, 2.75) is 25.0 Å². The minimum Gasteiger partial charge on any atom is -0.376 e. The number of carbonyl (C=O) groups excluding carboxylic acids is 1. The van der Waals surface area contributed by atoms with Crippen molar-refractivity contribution in [2.75, 3.05) is 45.9 Å². The lowest BCUT2D eigenvalue weighted by molar-refractivity contribution is -0.123. The van der Waals surface area contributed by atoms with Crippen LogP contribution in [0.3, 0.4) is 0 Å². The lowest BCUT2D eigenvalue weighted by atomic mass is 9.96. The van der Waals surface area contributed by atoms with Crippen molar-refractivity contribution in [2.24, 2.45) is 0 Å². The molecule has 0 spiro atoms. The van der Waals surface area contributed by atoms with Gasteiger partial charge in [0.25, 0.3) is 0 Å². The van der Waals surface area contributed by atoms with Gasteiger partial charge < -0.3 is 10.1 Å². The third kappa shape index (κ3) is 5.44. The summed E-state index contributed by atoms with van der Waals surface area (Å²) in [6, 6.07) is 21.7. The molecule has 2 aliphatic heterocycles. The fourth-order valence-corrected chi connectivity index (χ4v) is 4.36. The molecule has 2 heterocycles. The SMILES string of the molecule is O=C(CN1CCN(C(c2ccccc2)c2ccccc2)CC1)NC[C@H]1CCCO1. The largest absolute Gasteiger partial charge is 0.376 e. The van der Waals surface area contributed by atoms with E-state index < -0.39 is 0 Å². The van der Waals surface area contributed by atoms with E-state index in [0.29, 0.717) is 13.1 Å². The highest BCUT2D eigenvalue weighted by Crippen LogP contribution is 2.29. The predicted octanol–water partition coefficient (Wildman–Crippen LogP) is 2.69. The van der Waals surface area contributed by atoms with Gasteiger partial charge in [0.1, 0.15) is 0 Å². The second kappa shape index (κ2) is 10.0. The van der Waals surface area contributed by atoms with Crippen molar-refractivity contribution >= 4 is 5.91 Å². The van der Waals surface area contributed by atoms with Crippen molar-refractivity contribution in [3.8, 4) is 0 Å². The Morgan fingerprint density at radius 3 is 2.14 bits per heavy atom. The molecule has 2 aromatic carbocycles. The molecule has 0 bridgehead atoms. The molecular formula is C24H31N3O2. The molecule has 2 saturated heterocycles. The zero-order chi connectivity index (χ0) is 19.9. The summed E-state index contributed by atoms with van der Waals surface area (Å²) < 4.78 is 5.58. The maximum absolute atomic E-state index is 12.3. The van der Waals surface area contributed by atoms with E-state index in [1.807, 2.05) is 0 Å². The lowest BCUT2D eigenvalue weighted by Gasteiger charge is -2.39. The van der Waals surface area contributed by atoms with Crippen LogP contribution in [0, 0.1) is 0 Å². The molecule has 154 valence electrons. The number of carbonyl (C=O) groups is 1. The second-order valence-corrected chi connectivity index (χ2v) is 7.98. The lowest BCUT2D eigenvalue weighted by Crippen LogP contribution is -2.50. The van der Waals surface area contributed by atoms with Gasteiger partial charge in [-0.2, -0.15) is 0 Å². The van der Waals surface area contributed by atoms with Gasteiger partial charge in [0.15, 0.2) is 0 Å². The average Bonchev–Trinajstić information content (AvgIpc) is 3.29. The fourth-order valence-electron chi connectivity index (χ4n) is 4.36. The van der Waals surface area contributed by atoms with Crippen molar-refractivity contribution in [1.82, 2.24) is 15.1 Å². The van der Waals surface area contributed by atoms with Crippen LogP contribution in [0.4, 0.5) is 0 Å². The Morgan fingerprint density at radius 2 is 1.59 bits per heavy atom. The number of hydrogen-bond donors (Lipinski definition) is 1. The molecule has 0 aliphatic carbocycles. The molecule has 2 aliphatic rings. The van der Waals surface area contributed by atoms with Gasteiger partial charge in [-0.15, -0.1) is 0 Å². The monoisotopic (exact) mass is 393 g/mol. The molecule has 0 radical (unpaired) electrons. The van der Waals surface area contributed by atoms with Crippen LogP contribution in [0.2, 0.25) is 0 Å². The third-order valence-electron chi connectivity index (χ3n) is 5.92. The van der Waals surface area contributed by atoms with Gasteiger partial charge >= 0.3 is 0 Å². The Kier molecular flexibility index (Phi) is 6.93. The average molecular weight is 394 g/mol. The van der Waals surface area contributed by atoms with Crippen LogP contribution in [0.1, 0.15) is 30.0 Å². The maximum atomic E-state index is 12.3. The van der Waals surface area contributed by atoms with E-state index in [-0.39, 0.29) is 18.1 Å². The quantitative estimate of drug-likeness (QED) is 0.786. The standard InChI is InChI=1S/C24H31N3O2/c28-23(25-18-22-12-7-17-29-22)19-26-13-15-27(16-14-26)24(20-8-3-1-4-9-20)21-10-5-2-6-11-21/h1-6,8-11,22,24H,7,12-19H2,(H,25,28)/t22-/m1/s1. The van der Waals surface area contributed by atoms with Gasteiger partial charge in [-0.05, 0) is 24.0 Å². The second-order valence-electron chi connectivity index (χ2n) is 7.98. The van der Waals surface area contributed by atoms with Crippen LogP contribution < -0.4 is 5.32 Å². The molecular weight excluding hydrogens is 362 g/mol. The van der Waals surface area contributed by atoms with Gasteiger partial charge in [-0.25, -0.2) is 0 Å². The fraction of sp³-hybridized carbons (Fsp3) is 0.458. The summed E-state index contributed by atoms with van der Waals surface area (Å²) in [5.74, 6) is 0.108. The van der Waals surface area contributed by atoms with E-state index in [1.165, 1.54) is 11.1 Å².